The van der Waals surface area contributed by atoms with Crippen LogP contribution in [0.25, 0.3) is 11.0 Å². The fraction of sp³-hybridized carbons (Fsp3) is 0.118. The Kier molecular flexibility index (Phi) is 5.30. The van der Waals surface area contributed by atoms with Crippen molar-refractivity contribution in [2.45, 2.75) is 12.4 Å². The van der Waals surface area contributed by atoms with Crippen LogP contribution in [-0.4, -0.2) is 39.9 Å². The summed E-state index contributed by atoms with van der Waals surface area (Å²) in [6, 6.07) is 10.4. The predicted molar refractivity (Wildman–Crippen MR) is 94.9 cm³/mol. The van der Waals surface area contributed by atoms with E-state index in [1.54, 1.807) is 18.2 Å². The van der Waals surface area contributed by atoms with Gasteiger partial charge in [0.05, 0.1) is 24.1 Å². The van der Waals surface area contributed by atoms with Gasteiger partial charge >= 0.3 is 18.9 Å². The number of amides is 2. The van der Waals surface area contributed by atoms with Gasteiger partial charge in [-0.1, -0.05) is 18.2 Å². The van der Waals surface area contributed by atoms with Crippen molar-refractivity contribution in [1.29, 1.82) is 0 Å². The number of pyridine rings is 1. The number of anilines is 1. The van der Waals surface area contributed by atoms with E-state index in [1.807, 2.05) is 18.2 Å². The summed E-state index contributed by atoms with van der Waals surface area (Å²) in [6.45, 7) is 0. The highest BCUT2D eigenvalue weighted by molar-refractivity contribution is 6.46. The minimum atomic E-state index is -1.85. The van der Waals surface area contributed by atoms with Gasteiger partial charge in [-0.05, 0) is 30.2 Å². The molecule has 0 aliphatic heterocycles. The van der Waals surface area contributed by atoms with Gasteiger partial charge in [-0.25, -0.2) is 0 Å². The lowest BCUT2D eigenvalue weighted by molar-refractivity contribution is -0.136. The maximum Gasteiger partial charge on any atom is 0.475 e. The van der Waals surface area contributed by atoms with Crippen LogP contribution in [0.1, 0.15) is 5.56 Å². The van der Waals surface area contributed by atoms with Crippen LogP contribution in [0.3, 0.4) is 0 Å². The molecule has 2 heterocycles. The first-order chi connectivity index (χ1) is 12.5. The first-order valence-electron chi connectivity index (χ1n) is 7.87. The summed E-state index contributed by atoms with van der Waals surface area (Å²) in [5, 5.41) is 24.6. The number of nitrogens with one attached hydrogen (secondary N) is 2. The van der Waals surface area contributed by atoms with E-state index in [0.29, 0.717) is 16.8 Å². The zero-order chi connectivity index (χ0) is 18.5. The molecule has 0 aliphatic rings. The Balaban J connectivity index is 1.68. The topological polar surface area (TPSA) is 125 Å². The van der Waals surface area contributed by atoms with Crippen LogP contribution in [0.4, 0.5) is 5.69 Å². The molecule has 1 atom stereocenters. The smallest absolute Gasteiger partial charge is 0.464 e. The highest BCUT2D eigenvalue weighted by atomic mass is 16.4. The van der Waals surface area contributed by atoms with Gasteiger partial charge in [0.1, 0.15) is 5.58 Å². The molecule has 3 rings (SSSR count). The molecular weight excluding hydrogens is 337 g/mol. The van der Waals surface area contributed by atoms with Crippen molar-refractivity contribution in [2.24, 2.45) is 0 Å². The van der Waals surface area contributed by atoms with Crippen LogP contribution in [0.5, 0.6) is 0 Å². The van der Waals surface area contributed by atoms with Crippen molar-refractivity contribution in [3.63, 3.8) is 0 Å². The second-order valence-electron chi connectivity index (χ2n) is 5.65. The number of para-hydroxylation sites is 1. The Bertz CT molecular complexity index is 913. The van der Waals surface area contributed by atoms with Crippen molar-refractivity contribution in [1.82, 2.24) is 10.3 Å². The van der Waals surface area contributed by atoms with Crippen molar-refractivity contribution < 1.29 is 24.1 Å². The van der Waals surface area contributed by atoms with E-state index >= 15 is 0 Å². The highest BCUT2D eigenvalue weighted by Gasteiger charge is 2.29. The molecule has 132 valence electrons. The van der Waals surface area contributed by atoms with Gasteiger partial charge < -0.3 is 25.1 Å². The SMILES string of the molecule is O=C(Nc1cccnc1)C(=O)NC(Cc1coc2ccccc12)B(O)O. The maximum absolute atomic E-state index is 12.1. The number of rotatable bonds is 5. The normalized spacial score (nSPS) is 11.8. The minimum Gasteiger partial charge on any atom is -0.464 e. The molecule has 9 heteroatoms. The predicted octanol–water partition coefficient (Wildman–Crippen LogP) is 0.506. The summed E-state index contributed by atoms with van der Waals surface area (Å²) in [6.07, 6.45) is 4.49. The van der Waals surface area contributed by atoms with Crippen molar-refractivity contribution in [3.8, 4) is 0 Å². The van der Waals surface area contributed by atoms with Gasteiger partial charge in [-0.3, -0.25) is 14.6 Å². The molecule has 2 amide bonds. The molecule has 0 fully saturated rings. The van der Waals surface area contributed by atoms with E-state index in [4.69, 9.17) is 4.42 Å². The Morgan fingerprint density at radius 2 is 1.96 bits per heavy atom. The first-order valence-corrected chi connectivity index (χ1v) is 7.87. The van der Waals surface area contributed by atoms with Crippen LogP contribution in [0.2, 0.25) is 0 Å². The van der Waals surface area contributed by atoms with E-state index in [0.717, 1.165) is 5.39 Å². The molecule has 0 bridgehead atoms. The second-order valence-corrected chi connectivity index (χ2v) is 5.65. The van der Waals surface area contributed by atoms with Gasteiger partial charge in [-0.15, -0.1) is 0 Å². The van der Waals surface area contributed by atoms with Gasteiger partial charge in [-0.2, -0.15) is 0 Å². The highest BCUT2D eigenvalue weighted by Crippen LogP contribution is 2.22. The lowest BCUT2D eigenvalue weighted by Crippen LogP contribution is -2.51. The van der Waals surface area contributed by atoms with Crippen LogP contribution in [-0.2, 0) is 16.0 Å². The fourth-order valence-corrected chi connectivity index (χ4v) is 2.52. The molecule has 4 N–H and O–H groups in total. The molecule has 2 aromatic heterocycles. The van der Waals surface area contributed by atoms with Crippen molar-refractivity contribution >= 4 is 35.6 Å². The molecule has 26 heavy (non-hydrogen) atoms. The van der Waals surface area contributed by atoms with Crippen LogP contribution >= 0.6 is 0 Å². The molecule has 8 nitrogen and oxygen atoms in total. The monoisotopic (exact) mass is 353 g/mol. The third-order valence-corrected chi connectivity index (χ3v) is 3.80. The Morgan fingerprint density at radius 1 is 1.15 bits per heavy atom. The number of carbonyl (C=O) groups excluding carboxylic acids is 2. The number of hydrogen-bond donors (Lipinski definition) is 4. The Morgan fingerprint density at radius 3 is 2.69 bits per heavy atom. The Hall–Kier alpha value is -3.17. The van der Waals surface area contributed by atoms with Crippen molar-refractivity contribution in [3.05, 3.63) is 60.6 Å². The lowest BCUT2D eigenvalue weighted by atomic mass is 9.76. The summed E-state index contributed by atoms with van der Waals surface area (Å²) < 4.78 is 5.40. The van der Waals surface area contributed by atoms with E-state index < -0.39 is 24.9 Å². The quantitative estimate of drug-likeness (QED) is 0.391. The summed E-state index contributed by atoms with van der Waals surface area (Å²) in [7, 11) is -1.85. The Labute approximate surface area is 149 Å². The molecule has 0 radical (unpaired) electrons. The van der Waals surface area contributed by atoms with Gasteiger partial charge in [0.25, 0.3) is 0 Å². The van der Waals surface area contributed by atoms with Gasteiger partial charge in [0.15, 0.2) is 0 Å². The largest absolute Gasteiger partial charge is 0.475 e. The number of carbonyl (C=O) groups is 2. The molecule has 1 aromatic carbocycles. The summed E-state index contributed by atoms with van der Waals surface area (Å²) in [5.41, 5.74) is 1.69. The summed E-state index contributed by atoms with van der Waals surface area (Å²) in [5.74, 6) is -3.00. The zero-order valence-corrected chi connectivity index (χ0v) is 13.6. The number of nitrogens with zero attached hydrogens (tertiary/aromatic N) is 1. The number of hydrogen-bond acceptors (Lipinski definition) is 6. The average molecular weight is 353 g/mol. The first kappa shape index (κ1) is 17.7. The van der Waals surface area contributed by atoms with Gasteiger partial charge in [0, 0.05) is 11.6 Å². The standard InChI is InChI=1S/C17H16BN3O5/c22-16(20-12-4-3-7-19-9-12)17(23)21-15(18(24)25)8-11-10-26-14-6-2-1-5-13(11)14/h1-7,9-10,15,24-25H,8H2,(H,20,22)(H,21,23). The number of aromatic nitrogens is 1. The van der Waals surface area contributed by atoms with Crippen LogP contribution in [0, 0.1) is 0 Å². The molecule has 0 aliphatic carbocycles. The van der Waals surface area contributed by atoms with E-state index in [1.165, 1.54) is 18.7 Å². The molecule has 0 spiro atoms. The summed E-state index contributed by atoms with van der Waals surface area (Å²) in [4.78, 5) is 27.8. The minimum absolute atomic E-state index is 0.0839. The molecular formula is C17H16BN3O5. The van der Waals surface area contributed by atoms with Crippen LogP contribution in [0.15, 0.2) is 59.5 Å². The average Bonchev–Trinajstić information content (AvgIpc) is 3.05. The van der Waals surface area contributed by atoms with Gasteiger partial charge in [0.2, 0.25) is 0 Å². The van der Waals surface area contributed by atoms with Crippen molar-refractivity contribution in [2.75, 3.05) is 5.32 Å². The zero-order valence-electron chi connectivity index (χ0n) is 13.6. The second kappa shape index (κ2) is 7.81. The molecule has 0 saturated heterocycles. The number of fused-ring (bicyclic) bond motifs is 1. The van der Waals surface area contributed by atoms with E-state index in [9.17, 15) is 19.6 Å². The maximum atomic E-state index is 12.1. The lowest BCUT2D eigenvalue weighted by Gasteiger charge is -2.17. The molecule has 3 aromatic rings. The third kappa shape index (κ3) is 4.08. The van der Waals surface area contributed by atoms with E-state index in [-0.39, 0.29) is 6.42 Å². The molecule has 0 saturated carbocycles. The fourth-order valence-electron chi connectivity index (χ4n) is 2.52. The molecule has 1 unspecified atom stereocenters. The summed E-state index contributed by atoms with van der Waals surface area (Å²) >= 11 is 0. The number of benzene rings is 1. The van der Waals surface area contributed by atoms with Crippen LogP contribution < -0.4 is 10.6 Å². The number of furan rings is 1. The van der Waals surface area contributed by atoms with E-state index in [2.05, 4.69) is 15.6 Å². The third-order valence-electron chi connectivity index (χ3n) is 3.80.